The summed E-state index contributed by atoms with van der Waals surface area (Å²) in [5.74, 6) is 0. The molecule has 0 radical (unpaired) electrons. The molecule has 0 spiro atoms. The Morgan fingerprint density at radius 1 is 1.10 bits per heavy atom. The lowest BCUT2D eigenvalue weighted by molar-refractivity contribution is -0.0340. The average molecular weight is 413 g/mol. The maximum atomic E-state index is 9.47. The summed E-state index contributed by atoms with van der Waals surface area (Å²) in [5, 5.41) is 10.5. The zero-order valence-electron chi connectivity index (χ0n) is 17.9. The largest absolute Gasteiger partial charge is 0.370 e. The van der Waals surface area contributed by atoms with E-state index in [0.29, 0.717) is 11.6 Å². The summed E-state index contributed by atoms with van der Waals surface area (Å²) in [7, 11) is 0. The Morgan fingerprint density at radius 2 is 1.97 bits per heavy atom. The van der Waals surface area contributed by atoms with Gasteiger partial charge >= 0.3 is 0 Å². The van der Waals surface area contributed by atoms with Crippen LogP contribution in [0.15, 0.2) is 60.8 Å². The van der Waals surface area contributed by atoms with Gasteiger partial charge in [0.2, 0.25) is 0 Å². The van der Waals surface area contributed by atoms with Crippen LogP contribution in [0.5, 0.6) is 0 Å². The van der Waals surface area contributed by atoms with Crippen molar-refractivity contribution in [3.63, 3.8) is 0 Å². The molecule has 3 aromatic rings. The lowest BCUT2D eigenvalue weighted by atomic mass is 10.0. The van der Waals surface area contributed by atoms with E-state index in [-0.39, 0.29) is 12.2 Å². The second-order valence-corrected chi connectivity index (χ2v) is 8.68. The highest BCUT2D eigenvalue weighted by molar-refractivity contribution is 5.95. The molecule has 0 aliphatic carbocycles. The monoisotopic (exact) mass is 412 g/mol. The summed E-state index contributed by atoms with van der Waals surface area (Å²) in [6.45, 7) is 5.90. The van der Waals surface area contributed by atoms with E-state index in [1.54, 1.807) is 6.20 Å². The topological polar surface area (TPSA) is 52.4 Å². The molecule has 5 nitrogen and oxygen atoms in total. The first-order valence-corrected chi connectivity index (χ1v) is 11.2. The number of aromatic nitrogens is 1. The number of ether oxygens (including phenoxy) is 1. The predicted octanol–water partition coefficient (Wildman–Crippen LogP) is 4.54. The summed E-state index contributed by atoms with van der Waals surface area (Å²) >= 11 is 0. The minimum absolute atomic E-state index is 0.149. The van der Waals surface area contributed by atoms with Crippen molar-refractivity contribution in [3.8, 4) is 6.07 Å². The molecule has 0 bridgehead atoms. The number of rotatable bonds is 4. The number of hydrogen-bond donors (Lipinski definition) is 0. The third kappa shape index (κ3) is 4.01. The van der Waals surface area contributed by atoms with E-state index in [1.165, 1.54) is 18.4 Å². The van der Waals surface area contributed by atoms with Gasteiger partial charge in [0.15, 0.2) is 0 Å². The summed E-state index contributed by atoms with van der Waals surface area (Å²) in [6.07, 6.45) is 4.50. The molecule has 3 atom stereocenters. The standard InChI is InChI=1S/C26H28N4O/c1-19-16-30(25-12-11-21(15-27)26-23(25)9-5-13-28-26)18-22(31-19)17-29-14-6-10-24(29)20-7-3-2-4-8-20/h2-5,7-9,11-13,19,22,24H,6,10,14,16-18H2,1H3/t19-,22+,24+/m1/s1. The zero-order valence-corrected chi connectivity index (χ0v) is 17.9. The molecule has 5 rings (SSSR count). The van der Waals surface area contributed by atoms with Gasteiger partial charge in [-0.25, -0.2) is 0 Å². The van der Waals surface area contributed by atoms with E-state index in [9.17, 15) is 5.26 Å². The molecule has 2 fully saturated rings. The van der Waals surface area contributed by atoms with Crippen LogP contribution < -0.4 is 4.90 Å². The average Bonchev–Trinajstić information content (AvgIpc) is 3.26. The molecule has 2 aliphatic heterocycles. The van der Waals surface area contributed by atoms with Crippen LogP contribution in [-0.4, -0.2) is 48.3 Å². The number of anilines is 1. The van der Waals surface area contributed by atoms with E-state index in [1.807, 2.05) is 12.1 Å². The van der Waals surface area contributed by atoms with Gasteiger partial charge in [-0.05, 0) is 56.1 Å². The van der Waals surface area contributed by atoms with Gasteiger partial charge in [0, 0.05) is 42.9 Å². The molecular formula is C26H28N4O. The maximum absolute atomic E-state index is 9.47. The Labute approximate surface area is 183 Å². The van der Waals surface area contributed by atoms with Crippen LogP contribution in [-0.2, 0) is 4.74 Å². The van der Waals surface area contributed by atoms with Gasteiger partial charge in [-0.15, -0.1) is 0 Å². The number of morpholine rings is 1. The number of nitrogens with zero attached hydrogens (tertiary/aromatic N) is 4. The Hall–Kier alpha value is -2.94. The smallest absolute Gasteiger partial charge is 0.101 e. The van der Waals surface area contributed by atoms with Crippen molar-refractivity contribution in [1.29, 1.82) is 5.26 Å². The van der Waals surface area contributed by atoms with Gasteiger partial charge in [0.1, 0.15) is 6.07 Å². The molecular weight excluding hydrogens is 384 g/mol. The molecule has 0 saturated carbocycles. The van der Waals surface area contributed by atoms with E-state index < -0.39 is 0 Å². The fourth-order valence-corrected chi connectivity index (χ4v) is 5.23. The van der Waals surface area contributed by atoms with Crippen LogP contribution in [0, 0.1) is 11.3 Å². The second-order valence-electron chi connectivity index (χ2n) is 8.68. The molecule has 2 aliphatic rings. The molecule has 5 heteroatoms. The molecule has 0 unspecified atom stereocenters. The lowest BCUT2D eigenvalue weighted by Crippen LogP contribution is -2.50. The van der Waals surface area contributed by atoms with Crippen LogP contribution in [0.1, 0.15) is 36.9 Å². The summed E-state index contributed by atoms with van der Waals surface area (Å²) in [4.78, 5) is 9.49. The number of hydrogen-bond acceptors (Lipinski definition) is 5. The SMILES string of the molecule is C[C@@H]1CN(c2ccc(C#N)c3ncccc23)C[C@H](CN2CCC[C@H]2c2ccccc2)O1. The first-order valence-electron chi connectivity index (χ1n) is 11.2. The fourth-order valence-electron chi connectivity index (χ4n) is 5.23. The summed E-state index contributed by atoms with van der Waals surface area (Å²) < 4.78 is 6.39. The predicted molar refractivity (Wildman–Crippen MR) is 123 cm³/mol. The lowest BCUT2D eigenvalue weighted by Gasteiger charge is -2.40. The third-order valence-corrected chi connectivity index (χ3v) is 6.52. The molecule has 2 saturated heterocycles. The molecule has 1 aromatic heterocycles. The second kappa shape index (κ2) is 8.66. The van der Waals surface area contributed by atoms with Crippen LogP contribution >= 0.6 is 0 Å². The quantitative estimate of drug-likeness (QED) is 0.630. The van der Waals surface area contributed by atoms with E-state index in [2.05, 4.69) is 70.2 Å². The van der Waals surface area contributed by atoms with Crippen molar-refractivity contribution in [1.82, 2.24) is 9.88 Å². The van der Waals surface area contributed by atoms with Crippen molar-refractivity contribution in [2.24, 2.45) is 0 Å². The van der Waals surface area contributed by atoms with Gasteiger partial charge in [-0.3, -0.25) is 9.88 Å². The van der Waals surface area contributed by atoms with Crippen molar-refractivity contribution in [3.05, 3.63) is 71.9 Å². The van der Waals surface area contributed by atoms with Crippen molar-refractivity contribution in [2.45, 2.75) is 38.0 Å². The summed E-state index contributed by atoms with van der Waals surface area (Å²) in [5.41, 5.74) is 3.95. The minimum Gasteiger partial charge on any atom is -0.370 e. The maximum Gasteiger partial charge on any atom is 0.101 e. The first kappa shape index (κ1) is 20.0. The number of benzene rings is 2. The van der Waals surface area contributed by atoms with Crippen molar-refractivity contribution >= 4 is 16.6 Å². The van der Waals surface area contributed by atoms with Gasteiger partial charge < -0.3 is 9.64 Å². The molecule has 158 valence electrons. The number of nitriles is 1. The zero-order chi connectivity index (χ0) is 21.2. The number of likely N-dealkylation sites (tertiary alicyclic amines) is 1. The Kier molecular flexibility index (Phi) is 5.59. The Morgan fingerprint density at radius 3 is 2.81 bits per heavy atom. The highest BCUT2D eigenvalue weighted by atomic mass is 16.5. The number of pyridine rings is 1. The number of fused-ring (bicyclic) bond motifs is 1. The minimum atomic E-state index is 0.149. The van der Waals surface area contributed by atoms with Gasteiger partial charge in [0.25, 0.3) is 0 Å². The summed E-state index contributed by atoms with van der Waals surface area (Å²) in [6, 6.07) is 21.6. The molecule has 0 amide bonds. The van der Waals surface area contributed by atoms with Crippen LogP contribution in [0.25, 0.3) is 10.9 Å². The molecule has 2 aromatic carbocycles. The Balaban J connectivity index is 1.38. The first-order chi connectivity index (χ1) is 15.2. The van der Waals surface area contributed by atoms with E-state index in [0.717, 1.165) is 42.8 Å². The molecule has 3 heterocycles. The van der Waals surface area contributed by atoms with Crippen molar-refractivity contribution in [2.75, 3.05) is 31.1 Å². The highest BCUT2D eigenvalue weighted by Gasteiger charge is 2.32. The fraction of sp³-hybridized carbons (Fsp3) is 0.385. The van der Waals surface area contributed by atoms with Gasteiger partial charge in [-0.1, -0.05) is 30.3 Å². The molecule has 0 N–H and O–H groups in total. The van der Waals surface area contributed by atoms with E-state index in [4.69, 9.17) is 4.74 Å². The van der Waals surface area contributed by atoms with Crippen LogP contribution in [0.2, 0.25) is 0 Å². The van der Waals surface area contributed by atoms with E-state index >= 15 is 0 Å². The van der Waals surface area contributed by atoms with Crippen LogP contribution in [0.3, 0.4) is 0 Å². The van der Waals surface area contributed by atoms with Gasteiger partial charge in [0.05, 0.1) is 23.3 Å². The van der Waals surface area contributed by atoms with Crippen molar-refractivity contribution < 1.29 is 4.74 Å². The third-order valence-electron chi connectivity index (χ3n) is 6.52. The molecule has 31 heavy (non-hydrogen) atoms. The normalized spacial score (nSPS) is 24.4. The van der Waals surface area contributed by atoms with Gasteiger partial charge in [-0.2, -0.15) is 5.26 Å². The highest BCUT2D eigenvalue weighted by Crippen LogP contribution is 2.34. The van der Waals surface area contributed by atoms with Crippen LogP contribution in [0.4, 0.5) is 5.69 Å². The Bertz CT molecular complexity index is 1090.